The molecule has 1 aromatic rings. The quantitative estimate of drug-likeness (QED) is 0.715. The molecule has 1 aromatic heterocycles. The lowest BCUT2D eigenvalue weighted by Gasteiger charge is -2.18. The molecule has 0 spiro atoms. The van der Waals surface area contributed by atoms with Gasteiger partial charge in [-0.15, -0.1) is 0 Å². The highest BCUT2D eigenvalue weighted by molar-refractivity contribution is 5.39. The van der Waals surface area contributed by atoms with Crippen LogP contribution in [0, 0.1) is 0 Å². The topological polar surface area (TPSA) is 64.3 Å². The number of anilines is 1. The average molecular weight is 252 g/mol. The molecule has 0 aliphatic rings. The van der Waals surface area contributed by atoms with Gasteiger partial charge in [-0.25, -0.2) is 9.97 Å². The van der Waals surface area contributed by atoms with Gasteiger partial charge in [0.05, 0.1) is 6.10 Å². The SMILES string of the molecule is CC(C)Oc1cc(N(C)CCCCCN)ncn1. The van der Waals surface area contributed by atoms with Gasteiger partial charge >= 0.3 is 0 Å². The number of nitrogens with zero attached hydrogens (tertiary/aromatic N) is 3. The zero-order valence-corrected chi connectivity index (χ0v) is 11.6. The Balaban J connectivity index is 2.48. The molecule has 0 saturated carbocycles. The third kappa shape index (κ3) is 5.31. The molecule has 0 aliphatic carbocycles. The van der Waals surface area contributed by atoms with Crippen LogP contribution in [0.25, 0.3) is 0 Å². The Bertz CT molecular complexity index is 344. The summed E-state index contributed by atoms with van der Waals surface area (Å²) in [7, 11) is 2.03. The van der Waals surface area contributed by atoms with E-state index in [9.17, 15) is 0 Å². The Hall–Kier alpha value is -1.36. The van der Waals surface area contributed by atoms with Crippen molar-refractivity contribution in [2.45, 2.75) is 39.2 Å². The largest absolute Gasteiger partial charge is 0.475 e. The van der Waals surface area contributed by atoms with Crippen molar-refractivity contribution in [2.75, 3.05) is 25.0 Å². The lowest BCUT2D eigenvalue weighted by Crippen LogP contribution is -2.20. The van der Waals surface area contributed by atoms with E-state index in [1.807, 2.05) is 27.0 Å². The van der Waals surface area contributed by atoms with Crippen molar-refractivity contribution in [3.8, 4) is 5.88 Å². The predicted molar refractivity (Wildman–Crippen MR) is 74.0 cm³/mol. The highest BCUT2D eigenvalue weighted by atomic mass is 16.5. The fourth-order valence-electron chi connectivity index (χ4n) is 1.63. The van der Waals surface area contributed by atoms with Crippen LogP contribution in [0.5, 0.6) is 5.88 Å². The highest BCUT2D eigenvalue weighted by Crippen LogP contribution is 2.16. The first-order chi connectivity index (χ1) is 8.63. The fraction of sp³-hybridized carbons (Fsp3) is 0.692. The molecule has 0 bridgehead atoms. The van der Waals surface area contributed by atoms with Gasteiger partial charge in [-0.1, -0.05) is 6.42 Å². The van der Waals surface area contributed by atoms with E-state index < -0.39 is 0 Å². The molecule has 1 rings (SSSR count). The van der Waals surface area contributed by atoms with E-state index in [4.69, 9.17) is 10.5 Å². The smallest absolute Gasteiger partial charge is 0.218 e. The molecule has 1 heterocycles. The first-order valence-corrected chi connectivity index (χ1v) is 6.53. The van der Waals surface area contributed by atoms with Crippen LogP contribution < -0.4 is 15.4 Å². The van der Waals surface area contributed by atoms with E-state index in [1.54, 1.807) is 6.33 Å². The van der Waals surface area contributed by atoms with Crippen LogP contribution in [0.3, 0.4) is 0 Å². The van der Waals surface area contributed by atoms with Crippen LogP contribution in [-0.2, 0) is 0 Å². The van der Waals surface area contributed by atoms with E-state index in [-0.39, 0.29) is 6.10 Å². The Morgan fingerprint density at radius 2 is 2.06 bits per heavy atom. The van der Waals surface area contributed by atoms with Gasteiger partial charge < -0.3 is 15.4 Å². The summed E-state index contributed by atoms with van der Waals surface area (Å²) in [6.45, 7) is 5.71. The fourth-order valence-corrected chi connectivity index (χ4v) is 1.63. The molecule has 0 saturated heterocycles. The number of nitrogens with two attached hydrogens (primary N) is 1. The van der Waals surface area contributed by atoms with Crippen molar-refractivity contribution in [1.29, 1.82) is 0 Å². The van der Waals surface area contributed by atoms with E-state index in [0.29, 0.717) is 5.88 Å². The molecule has 0 unspecified atom stereocenters. The van der Waals surface area contributed by atoms with Crippen molar-refractivity contribution in [1.82, 2.24) is 9.97 Å². The van der Waals surface area contributed by atoms with E-state index in [0.717, 1.165) is 38.2 Å². The molecule has 0 aromatic carbocycles. The minimum atomic E-state index is 0.127. The van der Waals surface area contributed by atoms with Crippen LogP contribution >= 0.6 is 0 Å². The van der Waals surface area contributed by atoms with Crippen LogP contribution in [-0.4, -0.2) is 36.2 Å². The summed E-state index contributed by atoms with van der Waals surface area (Å²) >= 11 is 0. The van der Waals surface area contributed by atoms with Crippen molar-refractivity contribution in [3.05, 3.63) is 12.4 Å². The van der Waals surface area contributed by atoms with Crippen molar-refractivity contribution < 1.29 is 4.74 Å². The molecular weight excluding hydrogens is 228 g/mol. The summed E-state index contributed by atoms with van der Waals surface area (Å²) in [5, 5.41) is 0. The normalized spacial score (nSPS) is 10.7. The molecule has 0 radical (unpaired) electrons. The van der Waals surface area contributed by atoms with Crippen LogP contribution in [0.4, 0.5) is 5.82 Å². The zero-order chi connectivity index (χ0) is 13.4. The van der Waals surface area contributed by atoms with Gasteiger partial charge in [-0.2, -0.15) is 0 Å². The van der Waals surface area contributed by atoms with Crippen LogP contribution in [0.2, 0.25) is 0 Å². The van der Waals surface area contributed by atoms with Crippen LogP contribution in [0.1, 0.15) is 33.1 Å². The molecule has 2 N–H and O–H groups in total. The molecule has 0 atom stereocenters. The van der Waals surface area contributed by atoms with Gasteiger partial charge in [0.2, 0.25) is 5.88 Å². The summed E-state index contributed by atoms with van der Waals surface area (Å²) in [5.41, 5.74) is 5.47. The van der Waals surface area contributed by atoms with Crippen molar-refractivity contribution in [2.24, 2.45) is 5.73 Å². The molecule has 102 valence electrons. The second-order valence-corrected chi connectivity index (χ2v) is 4.65. The monoisotopic (exact) mass is 252 g/mol. The maximum Gasteiger partial charge on any atom is 0.218 e. The van der Waals surface area contributed by atoms with Gasteiger partial charge in [0.1, 0.15) is 12.1 Å². The standard InChI is InChI=1S/C13H24N4O/c1-11(2)18-13-9-12(15-10-16-13)17(3)8-6-4-5-7-14/h9-11H,4-8,14H2,1-3H3. The summed E-state index contributed by atoms with van der Waals surface area (Å²) < 4.78 is 5.55. The second kappa shape index (κ2) is 7.87. The van der Waals surface area contributed by atoms with E-state index in [1.165, 1.54) is 0 Å². The maximum atomic E-state index is 5.55. The Morgan fingerprint density at radius 1 is 1.28 bits per heavy atom. The zero-order valence-electron chi connectivity index (χ0n) is 11.6. The molecule has 0 aliphatic heterocycles. The minimum absolute atomic E-state index is 0.127. The van der Waals surface area contributed by atoms with Gasteiger partial charge in [0, 0.05) is 19.7 Å². The second-order valence-electron chi connectivity index (χ2n) is 4.65. The van der Waals surface area contributed by atoms with Crippen LogP contribution in [0.15, 0.2) is 12.4 Å². The third-order valence-electron chi connectivity index (χ3n) is 2.57. The molecular formula is C13H24N4O. The van der Waals surface area contributed by atoms with Gasteiger partial charge in [0.25, 0.3) is 0 Å². The molecule has 0 fully saturated rings. The summed E-state index contributed by atoms with van der Waals surface area (Å²) in [5.74, 6) is 1.53. The Kier molecular flexibility index (Phi) is 6.43. The van der Waals surface area contributed by atoms with E-state index >= 15 is 0 Å². The van der Waals surface area contributed by atoms with Gasteiger partial charge in [-0.3, -0.25) is 0 Å². The first-order valence-electron chi connectivity index (χ1n) is 6.53. The predicted octanol–water partition coefficient (Wildman–Crippen LogP) is 1.83. The molecule has 18 heavy (non-hydrogen) atoms. The van der Waals surface area contributed by atoms with Gasteiger partial charge in [-0.05, 0) is 33.2 Å². The third-order valence-corrected chi connectivity index (χ3v) is 2.57. The lowest BCUT2D eigenvalue weighted by atomic mass is 10.2. The Labute approximate surface area is 109 Å². The van der Waals surface area contributed by atoms with E-state index in [2.05, 4.69) is 14.9 Å². The summed E-state index contributed by atoms with van der Waals surface area (Å²) in [6.07, 6.45) is 5.03. The molecule has 5 heteroatoms. The lowest BCUT2D eigenvalue weighted by molar-refractivity contribution is 0.232. The number of hydrogen-bond donors (Lipinski definition) is 1. The maximum absolute atomic E-state index is 5.55. The highest BCUT2D eigenvalue weighted by Gasteiger charge is 2.06. The molecule has 5 nitrogen and oxygen atoms in total. The summed E-state index contributed by atoms with van der Waals surface area (Å²) in [6, 6.07) is 1.88. The summed E-state index contributed by atoms with van der Waals surface area (Å²) in [4.78, 5) is 10.5. The number of rotatable bonds is 8. The number of aromatic nitrogens is 2. The Morgan fingerprint density at radius 3 is 2.72 bits per heavy atom. The van der Waals surface area contributed by atoms with Crippen molar-refractivity contribution >= 4 is 5.82 Å². The molecule has 0 amide bonds. The number of hydrogen-bond acceptors (Lipinski definition) is 5. The average Bonchev–Trinajstić information content (AvgIpc) is 2.34. The first kappa shape index (κ1) is 14.7. The van der Waals surface area contributed by atoms with Gasteiger partial charge in [0.15, 0.2) is 0 Å². The minimum Gasteiger partial charge on any atom is -0.475 e. The number of unbranched alkanes of at least 4 members (excludes halogenated alkanes) is 2. The number of ether oxygens (including phenoxy) is 1. The van der Waals surface area contributed by atoms with Crippen molar-refractivity contribution in [3.63, 3.8) is 0 Å².